The van der Waals surface area contributed by atoms with Crippen molar-refractivity contribution in [2.45, 2.75) is 44.7 Å². The van der Waals surface area contributed by atoms with Crippen LogP contribution < -0.4 is 20.7 Å². The van der Waals surface area contributed by atoms with Crippen molar-refractivity contribution < 1.29 is 19.5 Å². The van der Waals surface area contributed by atoms with Gasteiger partial charge in [0.15, 0.2) is 0 Å². The van der Waals surface area contributed by atoms with Crippen molar-refractivity contribution >= 4 is 23.2 Å². The Morgan fingerprint density at radius 3 is 2.38 bits per heavy atom. The molecular formula is C24H32N4O4. The Hall–Kier alpha value is -3.39. The highest BCUT2D eigenvalue weighted by atomic mass is 16.5. The van der Waals surface area contributed by atoms with Crippen LogP contribution in [-0.2, 0) is 16.1 Å². The van der Waals surface area contributed by atoms with E-state index < -0.39 is 0 Å². The van der Waals surface area contributed by atoms with Crippen LogP contribution in [-0.4, -0.2) is 42.9 Å². The summed E-state index contributed by atoms with van der Waals surface area (Å²) in [6.07, 6.45) is 3.30. The standard InChI is InChI=1S/C24H32N4O4/c1-25-23(29)22(28-31)12-8-4-7-11-21(24(30)27-19-9-5-3-6-10-19)26-17-18-13-15-20(32-2)16-14-18/h3,5-6,9-10,13-16,21,26,31H,4,7-8,11-12,17H2,1-2H3,(H,25,29)(H,27,30)/b28-22-/t21-/m0/s1. The number of benzene rings is 2. The first-order valence-corrected chi connectivity index (χ1v) is 10.7. The molecule has 0 aliphatic carbocycles. The Bertz CT molecular complexity index is 869. The number of hydrogen-bond donors (Lipinski definition) is 4. The Morgan fingerprint density at radius 2 is 1.75 bits per heavy atom. The number of hydrogen-bond acceptors (Lipinski definition) is 6. The van der Waals surface area contributed by atoms with E-state index in [1.807, 2.05) is 54.6 Å². The summed E-state index contributed by atoms with van der Waals surface area (Å²) in [5.74, 6) is 0.316. The van der Waals surface area contributed by atoms with Crippen molar-refractivity contribution in [2.75, 3.05) is 19.5 Å². The fourth-order valence-corrected chi connectivity index (χ4v) is 3.23. The number of unbranched alkanes of at least 4 members (excludes halogenated alkanes) is 2. The van der Waals surface area contributed by atoms with E-state index in [4.69, 9.17) is 9.94 Å². The van der Waals surface area contributed by atoms with Crippen molar-refractivity contribution in [3.8, 4) is 5.75 Å². The van der Waals surface area contributed by atoms with E-state index in [1.54, 1.807) is 7.11 Å². The van der Waals surface area contributed by atoms with Gasteiger partial charge in [-0.3, -0.25) is 9.59 Å². The highest BCUT2D eigenvalue weighted by Crippen LogP contribution is 2.14. The third-order valence-corrected chi connectivity index (χ3v) is 5.09. The van der Waals surface area contributed by atoms with Gasteiger partial charge in [-0.05, 0) is 49.1 Å². The molecule has 2 rings (SSSR count). The van der Waals surface area contributed by atoms with Crippen molar-refractivity contribution in [3.63, 3.8) is 0 Å². The first-order chi connectivity index (χ1) is 15.6. The second-order valence-electron chi connectivity index (χ2n) is 7.36. The number of methoxy groups -OCH3 is 1. The zero-order chi connectivity index (χ0) is 23.2. The minimum absolute atomic E-state index is 0.0901. The number of para-hydroxylation sites is 1. The molecule has 2 aromatic carbocycles. The smallest absolute Gasteiger partial charge is 0.268 e. The van der Waals surface area contributed by atoms with E-state index >= 15 is 0 Å². The third-order valence-electron chi connectivity index (χ3n) is 5.09. The average molecular weight is 441 g/mol. The molecule has 2 aromatic rings. The van der Waals surface area contributed by atoms with Gasteiger partial charge < -0.3 is 25.9 Å². The number of carbonyl (C=O) groups is 2. The van der Waals surface area contributed by atoms with Gasteiger partial charge in [-0.15, -0.1) is 0 Å². The van der Waals surface area contributed by atoms with Crippen molar-refractivity contribution in [3.05, 3.63) is 60.2 Å². The Labute approximate surface area is 189 Å². The van der Waals surface area contributed by atoms with Crippen molar-refractivity contribution in [1.29, 1.82) is 0 Å². The lowest BCUT2D eigenvalue weighted by Crippen LogP contribution is -2.40. The molecule has 0 saturated carbocycles. The summed E-state index contributed by atoms with van der Waals surface area (Å²) >= 11 is 0. The summed E-state index contributed by atoms with van der Waals surface area (Å²) in [5.41, 5.74) is 1.92. The summed E-state index contributed by atoms with van der Waals surface area (Å²) < 4.78 is 5.19. The normalized spacial score (nSPS) is 12.1. The Morgan fingerprint density at radius 1 is 1.03 bits per heavy atom. The molecule has 1 atom stereocenters. The second-order valence-corrected chi connectivity index (χ2v) is 7.36. The number of amides is 2. The minimum Gasteiger partial charge on any atom is -0.497 e. The van der Waals surface area contributed by atoms with Crippen LogP contribution in [0.25, 0.3) is 0 Å². The quantitative estimate of drug-likeness (QED) is 0.165. The van der Waals surface area contributed by atoms with Gasteiger partial charge in [-0.1, -0.05) is 48.3 Å². The lowest BCUT2D eigenvalue weighted by molar-refractivity contribution is -0.118. The maximum absolute atomic E-state index is 12.9. The lowest BCUT2D eigenvalue weighted by atomic mass is 10.0. The largest absolute Gasteiger partial charge is 0.497 e. The number of rotatable bonds is 13. The molecule has 0 aromatic heterocycles. The molecule has 2 amide bonds. The topological polar surface area (TPSA) is 112 Å². The highest BCUT2D eigenvalue weighted by Gasteiger charge is 2.18. The maximum Gasteiger partial charge on any atom is 0.268 e. The molecule has 4 N–H and O–H groups in total. The van der Waals surface area contributed by atoms with Gasteiger partial charge in [-0.2, -0.15) is 0 Å². The number of anilines is 1. The number of nitrogens with one attached hydrogen (secondary N) is 3. The number of nitrogens with zero attached hydrogens (tertiary/aromatic N) is 1. The predicted octanol–water partition coefficient (Wildman–Crippen LogP) is 3.32. The molecule has 8 nitrogen and oxygen atoms in total. The van der Waals surface area contributed by atoms with Gasteiger partial charge in [0.1, 0.15) is 11.5 Å². The fourth-order valence-electron chi connectivity index (χ4n) is 3.23. The maximum atomic E-state index is 12.9. The zero-order valence-electron chi connectivity index (χ0n) is 18.6. The van der Waals surface area contributed by atoms with Crippen LogP contribution in [0.15, 0.2) is 59.8 Å². The molecule has 0 unspecified atom stereocenters. The summed E-state index contributed by atoms with van der Waals surface area (Å²) in [7, 11) is 3.12. The minimum atomic E-state index is -0.381. The van der Waals surface area contributed by atoms with Crippen molar-refractivity contribution in [2.24, 2.45) is 5.16 Å². The zero-order valence-corrected chi connectivity index (χ0v) is 18.6. The molecule has 0 bridgehead atoms. The molecule has 0 saturated heterocycles. The van der Waals surface area contributed by atoms with Gasteiger partial charge in [0.2, 0.25) is 5.91 Å². The van der Waals surface area contributed by atoms with Crippen LogP contribution in [0.5, 0.6) is 5.75 Å². The number of ether oxygens (including phenoxy) is 1. The molecule has 0 heterocycles. The van der Waals surface area contributed by atoms with E-state index in [-0.39, 0.29) is 23.6 Å². The lowest BCUT2D eigenvalue weighted by Gasteiger charge is -2.19. The number of oxime groups is 1. The monoisotopic (exact) mass is 440 g/mol. The molecular weight excluding hydrogens is 408 g/mol. The van der Waals surface area contributed by atoms with Gasteiger partial charge >= 0.3 is 0 Å². The molecule has 0 spiro atoms. The van der Waals surface area contributed by atoms with Gasteiger partial charge in [-0.25, -0.2) is 0 Å². The van der Waals surface area contributed by atoms with Crippen LogP contribution in [0, 0.1) is 0 Å². The summed E-state index contributed by atoms with van der Waals surface area (Å²) in [6, 6.07) is 16.7. The van der Waals surface area contributed by atoms with E-state index in [1.165, 1.54) is 7.05 Å². The Balaban J connectivity index is 1.90. The average Bonchev–Trinajstić information content (AvgIpc) is 2.83. The third kappa shape index (κ3) is 8.39. The van der Waals surface area contributed by atoms with Gasteiger partial charge in [0.05, 0.1) is 13.2 Å². The molecule has 0 aliphatic heterocycles. The summed E-state index contributed by atoms with van der Waals surface area (Å²) in [6.45, 7) is 0.550. The first-order valence-electron chi connectivity index (χ1n) is 10.7. The Kier molecular flexibility index (Phi) is 10.7. The summed E-state index contributed by atoms with van der Waals surface area (Å²) in [5, 5.41) is 20.8. The van der Waals surface area contributed by atoms with E-state index in [2.05, 4.69) is 21.1 Å². The number of carbonyl (C=O) groups excluding carboxylic acids is 2. The second kappa shape index (κ2) is 13.8. The molecule has 32 heavy (non-hydrogen) atoms. The molecule has 0 aliphatic rings. The van der Waals surface area contributed by atoms with E-state index in [0.29, 0.717) is 25.8 Å². The van der Waals surface area contributed by atoms with Gasteiger partial charge in [0, 0.05) is 19.3 Å². The van der Waals surface area contributed by atoms with Crippen molar-refractivity contribution in [1.82, 2.24) is 10.6 Å². The van der Waals surface area contributed by atoms with Crippen LogP contribution in [0.3, 0.4) is 0 Å². The van der Waals surface area contributed by atoms with E-state index in [0.717, 1.165) is 29.8 Å². The van der Waals surface area contributed by atoms with Crippen LogP contribution in [0.4, 0.5) is 5.69 Å². The molecule has 8 heteroatoms. The van der Waals surface area contributed by atoms with E-state index in [9.17, 15) is 9.59 Å². The molecule has 172 valence electrons. The van der Waals surface area contributed by atoms with Crippen LogP contribution in [0.1, 0.15) is 37.7 Å². The van der Waals surface area contributed by atoms with Crippen LogP contribution >= 0.6 is 0 Å². The predicted molar refractivity (Wildman–Crippen MR) is 125 cm³/mol. The molecule has 0 radical (unpaired) electrons. The fraction of sp³-hybridized carbons (Fsp3) is 0.375. The summed E-state index contributed by atoms with van der Waals surface area (Å²) in [4.78, 5) is 24.4. The first kappa shape index (κ1) is 24.9. The van der Waals surface area contributed by atoms with Crippen LogP contribution in [0.2, 0.25) is 0 Å². The SMILES string of the molecule is CNC(=O)/C(CCCCC[C@H](NCc1ccc(OC)cc1)C(=O)Nc1ccccc1)=N\O. The van der Waals surface area contributed by atoms with Gasteiger partial charge in [0.25, 0.3) is 5.91 Å². The highest BCUT2D eigenvalue weighted by molar-refractivity contribution is 6.38. The molecule has 0 fully saturated rings.